The van der Waals surface area contributed by atoms with Gasteiger partial charge in [-0.1, -0.05) is 31.2 Å². The number of thiazole rings is 1. The highest BCUT2D eigenvalue weighted by Crippen LogP contribution is 2.25. The number of hydrogen-bond donors (Lipinski definition) is 1. The number of rotatable bonds is 5. The topological polar surface area (TPSA) is 96.5 Å². The van der Waals surface area contributed by atoms with Crippen molar-refractivity contribution in [3.63, 3.8) is 0 Å². The number of aromatic nitrogens is 4. The van der Waals surface area contributed by atoms with Gasteiger partial charge in [0.25, 0.3) is 0 Å². The van der Waals surface area contributed by atoms with E-state index in [1.54, 1.807) is 0 Å². The lowest BCUT2D eigenvalue weighted by Crippen LogP contribution is -2.19. The molecule has 0 bridgehead atoms. The minimum Gasteiger partial charge on any atom is -0.300 e. The van der Waals surface area contributed by atoms with Crippen LogP contribution in [0.5, 0.6) is 0 Å². The molecule has 120 valence electrons. The fraction of sp³-hybridized carbons (Fsp3) is 0.188. The lowest BCUT2D eigenvalue weighted by molar-refractivity contribution is -0.116. The molecule has 1 amide bonds. The van der Waals surface area contributed by atoms with Gasteiger partial charge in [-0.3, -0.25) is 9.36 Å². The standard InChI is InChI=1S/C16H14N6OS/c1-2-11-3-5-12(6-4-11)13-9-24-16(19-13)20-15(23)8-22-10-18-21-14(22)7-17/h3-6,9-10H,2,8H2,1H3,(H,19,20,23). The fourth-order valence-electron chi connectivity index (χ4n) is 2.15. The number of carbonyl (C=O) groups excluding carboxylic acids is 1. The summed E-state index contributed by atoms with van der Waals surface area (Å²) < 4.78 is 1.38. The van der Waals surface area contributed by atoms with E-state index < -0.39 is 0 Å². The zero-order chi connectivity index (χ0) is 16.9. The number of carbonyl (C=O) groups is 1. The Labute approximate surface area is 142 Å². The van der Waals surface area contributed by atoms with Crippen LogP contribution >= 0.6 is 11.3 Å². The molecule has 0 aliphatic carbocycles. The maximum Gasteiger partial charge on any atom is 0.246 e. The van der Waals surface area contributed by atoms with Gasteiger partial charge < -0.3 is 5.32 Å². The van der Waals surface area contributed by atoms with Gasteiger partial charge in [-0.25, -0.2) is 4.98 Å². The highest BCUT2D eigenvalue weighted by atomic mass is 32.1. The third-order valence-corrected chi connectivity index (χ3v) is 4.20. The Hall–Kier alpha value is -3.05. The Kier molecular flexibility index (Phi) is 4.63. The molecule has 0 unspecified atom stereocenters. The molecule has 0 saturated carbocycles. The van der Waals surface area contributed by atoms with Crippen LogP contribution in [0.15, 0.2) is 36.0 Å². The summed E-state index contributed by atoms with van der Waals surface area (Å²) in [5.41, 5.74) is 3.10. The second kappa shape index (κ2) is 7.02. The molecule has 24 heavy (non-hydrogen) atoms. The predicted octanol–water partition coefficient (Wildman–Crippen LogP) is 2.47. The summed E-state index contributed by atoms with van der Waals surface area (Å²) >= 11 is 1.36. The summed E-state index contributed by atoms with van der Waals surface area (Å²) in [4.78, 5) is 16.5. The summed E-state index contributed by atoms with van der Waals surface area (Å²) in [6.45, 7) is 2.08. The van der Waals surface area contributed by atoms with Gasteiger partial charge in [0.2, 0.25) is 11.7 Å². The Morgan fingerprint density at radius 3 is 2.88 bits per heavy atom. The number of aryl methyl sites for hydroxylation is 1. The second-order valence-electron chi connectivity index (χ2n) is 5.03. The Morgan fingerprint density at radius 2 is 2.17 bits per heavy atom. The van der Waals surface area contributed by atoms with E-state index in [-0.39, 0.29) is 18.3 Å². The monoisotopic (exact) mass is 338 g/mol. The van der Waals surface area contributed by atoms with Crippen molar-refractivity contribution in [1.29, 1.82) is 5.26 Å². The minimum atomic E-state index is -0.284. The van der Waals surface area contributed by atoms with Crippen molar-refractivity contribution in [1.82, 2.24) is 19.7 Å². The Balaban J connectivity index is 1.67. The molecule has 0 aliphatic rings. The van der Waals surface area contributed by atoms with Gasteiger partial charge in [-0.15, -0.1) is 21.5 Å². The molecule has 0 saturated heterocycles. The predicted molar refractivity (Wildman–Crippen MR) is 90.3 cm³/mol. The van der Waals surface area contributed by atoms with E-state index in [4.69, 9.17) is 5.26 Å². The van der Waals surface area contributed by atoms with E-state index in [0.717, 1.165) is 17.7 Å². The van der Waals surface area contributed by atoms with Crippen LogP contribution in [0.1, 0.15) is 18.3 Å². The molecule has 3 aromatic rings. The molecular formula is C16H14N6OS. The van der Waals surface area contributed by atoms with E-state index in [1.807, 2.05) is 23.6 Å². The summed E-state index contributed by atoms with van der Waals surface area (Å²) in [5.74, 6) is -0.186. The maximum atomic E-state index is 12.0. The molecule has 1 N–H and O–H groups in total. The summed E-state index contributed by atoms with van der Waals surface area (Å²) in [5, 5.41) is 21.2. The first-order valence-electron chi connectivity index (χ1n) is 7.32. The number of anilines is 1. The number of nitrogens with one attached hydrogen (secondary N) is 1. The van der Waals surface area contributed by atoms with Crippen molar-refractivity contribution in [2.75, 3.05) is 5.32 Å². The van der Waals surface area contributed by atoms with Crippen LogP contribution in [0.3, 0.4) is 0 Å². The first-order valence-corrected chi connectivity index (χ1v) is 8.20. The first-order chi connectivity index (χ1) is 11.7. The number of hydrogen-bond acceptors (Lipinski definition) is 6. The van der Waals surface area contributed by atoms with Crippen molar-refractivity contribution in [3.8, 4) is 17.3 Å². The second-order valence-corrected chi connectivity index (χ2v) is 5.89. The van der Waals surface area contributed by atoms with Crippen LogP contribution in [-0.4, -0.2) is 25.7 Å². The number of benzene rings is 1. The lowest BCUT2D eigenvalue weighted by Gasteiger charge is -2.02. The summed E-state index contributed by atoms with van der Waals surface area (Å²) in [6.07, 6.45) is 2.34. The summed E-state index contributed by atoms with van der Waals surface area (Å²) in [6, 6.07) is 10.1. The first kappa shape index (κ1) is 15.8. The van der Waals surface area contributed by atoms with Gasteiger partial charge in [0.1, 0.15) is 18.9 Å². The quantitative estimate of drug-likeness (QED) is 0.771. The Morgan fingerprint density at radius 1 is 1.38 bits per heavy atom. The Bertz CT molecular complexity index is 890. The van der Waals surface area contributed by atoms with Gasteiger partial charge in [-0.05, 0) is 12.0 Å². The van der Waals surface area contributed by atoms with Crippen molar-refractivity contribution in [3.05, 3.63) is 47.4 Å². The minimum absolute atomic E-state index is 0.0317. The highest BCUT2D eigenvalue weighted by Gasteiger charge is 2.11. The molecule has 2 heterocycles. The number of nitriles is 1. The fourth-order valence-corrected chi connectivity index (χ4v) is 2.88. The normalized spacial score (nSPS) is 10.3. The molecule has 3 rings (SSSR count). The molecule has 1 aromatic carbocycles. The number of nitrogens with zero attached hydrogens (tertiary/aromatic N) is 5. The smallest absolute Gasteiger partial charge is 0.246 e. The van der Waals surface area contributed by atoms with Gasteiger partial charge >= 0.3 is 0 Å². The largest absolute Gasteiger partial charge is 0.300 e. The molecule has 0 spiro atoms. The average Bonchev–Trinajstić information content (AvgIpc) is 3.24. The third-order valence-electron chi connectivity index (χ3n) is 3.44. The molecule has 0 radical (unpaired) electrons. The van der Waals surface area contributed by atoms with E-state index in [0.29, 0.717) is 5.13 Å². The molecule has 0 aliphatic heterocycles. The van der Waals surface area contributed by atoms with Crippen LogP contribution in [0.25, 0.3) is 11.3 Å². The van der Waals surface area contributed by atoms with Crippen molar-refractivity contribution < 1.29 is 4.79 Å². The molecule has 2 aromatic heterocycles. The van der Waals surface area contributed by atoms with Crippen LogP contribution in [0.2, 0.25) is 0 Å². The summed E-state index contributed by atoms with van der Waals surface area (Å²) in [7, 11) is 0. The van der Waals surface area contributed by atoms with Gasteiger partial charge in [0.05, 0.1) is 5.69 Å². The van der Waals surface area contributed by atoms with Gasteiger partial charge in [0.15, 0.2) is 5.13 Å². The van der Waals surface area contributed by atoms with Crippen LogP contribution in [-0.2, 0) is 17.8 Å². The van der Waals surface area contributed by atoms with Gasteiger partial charge in [-0.2, -0.15) is 5.26 Å². The molecule has 8 heteroatoms. The molecule has 7 nitrogen and oxygen atoms in total. The third kappa shape index (κ3) is 3.47. The zero-order valence-electron chi connectivity index (χ0n) is 12.9. The molecular weight excluding hydrogens is 324 g/mol. The number of amides is 1. The average molecular weight is 338 g/mol. The molecule has 0 fully saturated rings. The molecule has 0 atom stereocenters. The van der Waals surface area contributed by atoms with E-state index in [9.17, 15) is 4.79 Å². The van der Waals surface area contributed by atoms with Crippen LogP contribution in [0.4, 0.5) is 5.13 Å². The van der Waals surface area contributed by atoms with Crippen molar-refractivity contribution >= 4 is 22.4 Å². The van der Waals surface area contributed by atoms with E-state index in [2.05, 4.69) is 39.6 Å². The van der Waals surface area contributed by atoms with Crippen LogP contribution in [0, 0.1) is 11.3 Å². The van der Waals surface area contributed by atoms with Crippen LogP contribution < -0.4 is 5.32 Å². The van der Waals surface area contributed by atoms with Gasteiger partial charge in [0, 0.05) is 10.9 Å². The van der Waals surface area contributed by atoms with E-state index >= 15 is 0 Å². The SMILES string of the molecule is CCc1ccc(-c2csc(NC(=O)Cn3cnnc3C#N)n2)cc1. The van der Waals surface area contributed by atoms with Crippen molar-refractivity contribution in [2.45, 2.75) is 19.9 Å². The zero-order valence-corrected chi connectivity index (χ0v) is 13.7. The highest BCUT2D eigenvalue weighted by molar-refractivity contribution is 7.14. The van der Waals surface area contributed by atoms with E-state index in [1.165, 1.54) is 27.8 Å². The maximum absolute atomic E-state index is 12.0. The lowest BCUT2D eigenvalue weighted by atomic mass is 10.1. The van der Waals surface area contributed by atoms with Crippen molar-refractivity contribution in [2.24, 2.45) is 0 Å².